The molecular formula is C36H32N2O3S2. The van der Waals surface area contributed by atoms with Crippen LogP contribution in [0.25, 0.3) is 20.9 Å². The van der Waals surface area contributed by atoms with Crippen molar-refractivity contribution in [2.75, 3.05) is 5.75 Å². The van der Waals surface area contributed by atoms with Crippen LogP contribution in [0.1, 0.15) is 28.3 Å². The number of hydrogen-bond acceptors (Lipinski definition) is 4. The topological polar surface area (TPSA) is 75.3 Å². The minimum absolute atomic E-state index is 0.129. The summed E-state index contributed by atoms with van der Waals surface area (Å²) in [4.78, 5) is 14.1. The van der Waals surface area contributed by atoms with Gasteiger partial charge in [0.15, 0.2) is 0 Å². The monoisotopic (exact) mass is 604 g/mol. The Morgan fingerprint density at radius 3 is 2.00 bits per heavy atom. The molecule has 0 fully saturated rings. The van der Waals surface area contributed by atoms with Crippen LogP contribution in [0.15, 0.2) is 133 Å². The van der Waals surface area contributed by atoms with Crippen LogP contribution in [0, 0.1) is 0 Å². The second kappa shape index (κ2) is 12.9. The van der Waals surface area contributed by atoms with Gasteiger partial charge in [-0.2, -0.15) is 0 Å². The molecule has 216 valence electrons. The van der Waals surface area contributed by atoms with Crippen LogP contribution in [-0.4, -0.2) is 26.1 Å². The van der Waals surface area contributed by atoms with Crippen molar-refractivity contribution in [1.82, 2.24) is 10.0 Å². The molecule has 1 unspecified atom stereocenters. The summed E-state index contributed by atoms with van der Waals surface area (Å²) < 4.78 is 31.1. The predicted octanol–water partition coefficient (Wildman–Crippen LogP) is 7.03. The van der Waals surface area contributed by atoms with Crippen molar-refractivity contribution in [3.63, 3.8) is 0 Å². The normalized spacial score (nSPS) is 12.5. The van der Waals surface area contributed by atoms with Gasteiger partial charge < -0.3 is 5.32 Å². The van der Waals surface area contributed by atoms with E-state index in [9.17, 15) is 13.2 Å². The molecule has 0 spiro atoms. The Kier molecular flexibility index (Phi) is 8.65. The number of nitrogens with one attached hydrogen (secondary N) is 2. The van der Waals surface area contributed by atoms with E-state index in [0.29, 0.717) is 6.42 Å². The third kappa shape index (κ3) is 6.86. The average Bonchev–Trinajstić information content (AvgIpc) is 3.45. The number of rotatable bonds is 11. The molecule has 6 rings (SSSR count). The molecule has 6 aromatic rings. The SMILES string of the molecule is O=C(NC(c1ccccc1)c1ccccc1)C(Cc1csc2ccccc12)NS(=O)(=O)CCc1cccc2ccccc12. The number of aryl methyl sites for hydroxylation is 1. The fourth-order valence-corrected chi connectivity index (χ4v) is 7.73. The van der Waals surface area contributed by atoms with E-state index in [1.165, 1.54) is 0 Å². The highest BCUT2D eigenvalue weighted by Gasteiger charge is 2.28. The molecule has 5 aromatic carbocycles. The van der Waals surface area contributed by atoms with Crippen LogP contribution in [0.4, 0.5) is 0 Å². The highest BCUT2D eigenvalue weighted by atomic mass is 32.2. The predicted molar refractivity (Wildman–Crippen MR) is 177 cm³/mol. The third-order valence-electron chi connectivity index (χ3n) is 7.70. The molecule has 0 radical (unpaired) electrons. The summed E-state index contributed by atoms with van der Waals surface area (Å²) in [6.07, 6.45) is 0.572. The van der Waals surface area contributed by atoms with Crippen molar-refractivity contribution in [3.8, 4) is 0 Å². The Balaban J connectivity index is 1.28. The zero-order valence-electron chi connectivity index (χ0n) is 23.5. The lowest BCUT2D eigenvalue weighted by Crippen LogP contribution is -2.49. The third-order valence-corrected chi connectivity index (χ3v) is 10.1. The first kappa shape index (κ1) is 28.8. The number of sulfonamides is 1. The standard InChI is InChI=1S/C36H32N2O3S2/c39-36(37-35(28-13-3-1-4-14-28)29-15-5-2-6-16-29)33(24-30-25-42-34-21-10-9-20-32(30)34)38-43(40,41)23-22-27-18-11-17-26-12-7-8-19-31(26)27/h1-21,25,33,35,38H,22-24H2,(H,37,39). The zero-order valence-corrected chi connectivity index (χ0v) is 25.2. The summed E-state index contributed by atoms with van der Waals surface area (Å²) in [6, 6.07) is 39.9. The maximum Gasteiger partial charge on any atom is 0.239 e. The van der Waals surface area contributed by atoms with E-state index in [2.05, 4.69) is 10.0 Å². The Bertz CT molecular complexity index is 1910. The Morgan fingerprint density at radius 2 is 1.28 bits per heavy atom. The quantitative estimate of drug-likeness (QED) is 0.167. The maximum atomic E-state index is 14.1. The molecule has 0 aliphatic heterocycles. The fourth-order valence-electron chi connectivity index (χ4n) is 5.52. The smallest absolute Gasteiger partial charge is 0.239 e. The molecule has 0 bridgehead atoms. The van der Waals surface area contributed by atoms with Gasteiger partial charge in [-0.25, -0.2) is 13.1 Å². The molecule has 2 N–H and O–H groups in total. The number of fused-ring (bicyclic) bond motifs is 2. The lowest BCUT2D eigenvalue weighted by molar-refractivity contribution is -0.123. The number of hydrogen-bond donors (Lipinski definition) is 2. The van der Waals surface area contributed by atoms with Crippen molar-refractivity contribution in [1.29, 1.82) is 0 Å². The first-order chi connectivity index (χ1) is 21.0. The molecule has 5 nitrogen and oxygen atoms in total. The molecule has 1 heterocycles. The molecule has 1 atom stereocenters. The van der Waals surface area contributed by atoms with E-state index in [1.807, 2.05) is 133 Å². The minimum Gasteiger partial charge on any atom is -0.344 e. The van der Waals surface area contributed by atoms with E-state index < -0.39 is 22.1 Å². The fraction of sp³-hybridized carbons (Fsp3) is 0.139. The van der Waals surface area contributed by atoms with Gasteiger partial charge in [-0.15, -0.1) is 11.3 Å². The lowest BCUT2D eigenvalue weighted by Gasteiger charge is -2.24. The Morgan fingerprint density at radius 1 is 0.674 bits per heavy atom. The van der Waals surface area contributed by atoms with Crippen molar-refractivity contribution in [2.45, 2.75) is 24.9 Å². The van der Waals surface area contributed by atoms with Crippen LogP contribution in [0.3, 0.4) is 0 Å². The van der Waals surface area contributed by atoms with Gasteiger partial charge >= 0.3 is 0 Å². The minimum atomic E-state index is -3.82. The number of carbonyl (C=O) groups is 1. The second-order valence-corrected chi connectivity index (χ2v) is 13.4. The molecule has 0 saturated heterocycles. The zero-order chi connectivity index (χ0) is 29.6. The van der Waals surface area contributed by atoms with Gasteiger partial charge in [-0.05, 0) is 62.7 Å². The van der Waals surface area contributed by atoms with Crippen molar-refractivity contribution >= 4 is 48.1 Å². The van der Waals surface area contributed by atoms with E-state index in [-0.39, 0.29) is 18.1 Å². The summed E-state index contributed by atoms with van der Waals surface area (Å²) in [7, 11) is -3.82. The van der Waals surface area contributed by atoms with Gasteiger partial charge in [0.2, 0.25) is 15.9 Å². The first-order valence-electron chi connectivity index (χ1n) is 14.3. The average molecular weight is 605 g/mol. The summed E-state index contributed by atoms with van der Waals surface area (Å²) >= 11 is 1.59. The Hall–Kier alpha value is -4.30. The number of thiophene rings is 1. The van der Waals surface area contributed by atoms with Crippen LogP contribution >= 0.6 is 11.3 Å². The van der Waals surface area contributed by atoms with Gasteiger partial charge in [0, 0.05) is 4.70 Å². The van der Waals surface area contributed by atoms with Crippen LogP contribution in [-0.2, 0) is 27.7 Å². The summed E-state index contributed by atoms with van der Waals surface area (Å²) in [6.45, 7) is 0. The van der Waals surface area contributed by atoms with E-state index in [4.69, 9.17) is 0 Å². The lowest BCUT2D eigenvalue weighted by atomic mass is 9.97. The highest BCUT2D eigenvalue weighted by molar-refractivity contribution is 7.89. The van der Waals surface area contributed by atoms with Gasteiger partial charge in [-0.3, -0.25) is 4.79 Å². The largest absolute Gasteiger partial charge is 0.344 e. The van der Waals surface area contributed by atoms with Gasteiger partial charge in [-0.1, -0.05) is 121 Å². The number of carbonyl (C=O) groups excluding carboxylic acids is 1. The number of amides is 1. The summed E-state index contributed by atoms with van der Waals surface area (Å²) in [5, 5.41) is 8.32. The van der Waals surface area contributed by atoms with Gasteiger partial charge in [0.1, 0.15) is 6.04 Å². The van der Waals surface area contributed by atoms with Crippen LogP contribution in [0.5, 0.6) is 0 Å². The maximum absolute atomic E-state index is 14.1. The molecule has 43 heavy (non-hydrogen) atoms. The van der Waals surface area contributed by atoms with Gasteiger partial charge in [0.05, 0.1) is 11.8 Å². The molecule has 0 saturated carbocycles. The molecule has 0 aliphatic rings. The molecular weight excluding hydrogens is 573 g/mol. The van der Waals surface area contributed by atoms with E-state index in [1.54, 1.807) is 11.3 Å². The molecule has 7 heteroatoms. The van der Waals surface area contributed by atoms with Gasteiger partial charge in [0.25, 0.3) is 0 Å². The van der Waals surface area contributed by atoms with Crippen molar-refractivity contribution in [3.05, 3.63) is 155 Å². The van der Waals surface area contributed by atoms with Crippen molar-refractivity contribution < 1.29 is 13.2 Å². The molecule has 0 aliphatic carbocycles. The van der Waals surface area contributed by atoms with E-state index in [0.717, 1.165) is 43.1 Å². The first-order valence-corrected chi connectivity index (χ1v) is 16.8. The van der Waals surface area contributed by atoms with E-state index >= 15 is 0 Å². The summed E-state index contributed by atoms with van der Waals surface area (Å²) in [5.74, 6) is -0.502. The summed E-state index contributed by atoms with van der Waals surface area (Å²) in [5.41, 5.74) is 3.73. The Labute approximate surface area is 256 Å². The number of benzene rings is 5. The molecule has 1 amide bonds. The highest BCUT2D eigenvalue weighted by Crippen LogP contribution is 2.28. The second-order valence-electron chi connectivity index (χ2n) is 10.6. The van der Waals surface area contributed by atoms with Crippen LogP contribution in [0.2, 0.25) is 0 Å². The van der Waals surface area contributed by atoms with Crippen LogP contribution < -0.4 is 10.0 Å². The van der Waals surface area contributed by atoms with Crippen molar-refractivity contribution in [2.24, 2.45) is 0 Å². The molecule has 1 aromatic heterocycles.